The number of rotatable bonds is 2. The van der Waals surface area contributed by atoms with Crippen LogP contribution in [-0.2, 0) is 0 Å². The number of primary amides is 1. The van der Waals surface area contributed by atoms with Gasteiger partial charge in [-0.05, 0) is 36.5 Å². The van der Waals surface area contributed by atoms with E-state index >= 15 is 0 Å². The molecule has 0 radical (unpaired) electrons. The molecule has 2 nitrogen and oxygen atoms in total. The summed E-state index contributed by atoms with van der Waals surface area (Å²) < 4.78 is 0.908. The Labute approximate surface area is 85.3 Å². The molecule has 0 atom stereocenters. The lowest BCUT2D eigenvalue weighted by atomic mass is 10.0. The van der Waals surface area contributed by atoms with Gasteiger partial charge in [-0.15, -0.1) is 0 Å². The Morgan fingerprint density at radius 1 is 1.46 bits per heavy atom. The fourth-order valence-electron chi connectivity index (χ4n) is 1.49. The largest absolute Gasteiger partial charge is 0.366 e. The number of carbonyl (C=O) groups excluding carboxylic acids is 1. The van der Waals surface area contributed by atoms with E-state index in [2.05, 4.69) is 15.9 Å². The molecule has 2 rings (SSSR count). The van der Waals surface area contributed by atoms with Gasteiger partial charge < -0.3 is 5.73 Å². The summed E-state index contributed by atoms with van der Waals surface area (Å²) in [6.07, 6.45) is 2.36. The topological polar surface area (TPSA) is 43.1 Å². The highest BCUT2D eigenvalue weighted by atomic mass is 79.9. The Morgan fingerprint density at radius 3 is 2.69 bits per heavy atom. The van der Waals surface area contributed by atoms with Crippen LogP contribution in [0.4, 0.5) is 0 Å². The van der Waals surface area contributed by atoms with Crippen LogP contribution in [0.2, 0.25) is 0 Å². The van der Waals surface area contributed by atoms with Crippen LogP contribution in [-0.4, -0.2) is 5.91 Å². The highest BCUT2D eigenvalue weighted by Gasteiger charge is 2.27. The van der Waals surface area contributed by atoms with Crippen LogP contribution in [0.5, 0.6) is 0 Å². The third kappa shape index (κ3) is 1.75. The van der Waals surface area contributed by atoms with Crippen molar-refractivity contribution in [1.82, 2.24) is 0 Å². The standard InChI is InChI=1S/C10H10BrNO/c11-7-3-4-8(6-1-2-6)9(5-7)10(12)13/h3-6H,1-2H2,(H2,12,13). The maximum Gasteiger partial charge on any atom is 0.249 e. The molecule has 3 heteroatoms. The van der Waals surface area contributed by atoms with Gasteiger partial charge in [0.25, 0.3) is 0 Å². The first-order chi connectivity index (χ1) is 6.18. The number of halogens is 1. The molecule has 2 N–H and O–H groups in total. The van der Waals surface area contributed by atoms with Crippen LogP contribution in [0, 0.1) is 0 Å². The lowest BCUT2D eigenvalue weighted by molar-refractivity contribution is 0.0999. The molecule has 0 heterocycles. The third-order valence-electron chi connectivity index (χ3n) is 2.30. The van der Waals surface area contributed by atoms with Gasteiger partial charge in [-0.2, -0.15) is 0 Å². The van der Waals surface area contributed by atoms with Gasteiger partial charge in [-0.1, -0.05) is 22.0 Å². The van der Waals surface area contributed by atoms with Gasteiger partial charge in [-0.25, -0.2) is 0 Å². The summed E-state index contributed by atoms with van der Waals surface area (Å²) in [5, 5.41) is 0. The van der Waals surface area contributed by atoms with Crippen LogP contribution >= 0.6 is 15.9 Å². The zero-order valence-corrected chi connectivity index (χ0v) is 8.67. The normalized spacial score (nSPS) is 15.8. The van der Waals surface area contributed by atoms with E-state index in [0.29, 0.717) is 11.5 Å². The van der Waals surface area contributed by atoms with E-state index < -0.39 is 0 Å². The Balaban J connectivity index is 2.47. The van der Waals surface area contributed by atoms with E-state index in [-0.39, 0.29) is 5.91 Å². The minimum atomic E-state index is -0.330. The van der Waals surface area contributed by atoms with E-state index in [4.69, 9.17) is 5.73 Å². The van der Waals surface area contributed by atoms with Crippen molar-refractivity contribution >= 4 is 21.8 Å². The Kier molecular flexibility index (Phi) is 2.12. The lowest BCUT2D eigenvalue weighted by Gasteiger charge is -2.04. The second-order valence-electron chi connectivity index (χ2n) is 3.37. The maximum atomic E-state index is 11.1. The summed E-state index contributed by atoms with van der Waals surface area (Å²) in [5.74, 6) is 0.235. The molecule has 0 saturated heterocycles. The number of carbonyl (C=O) groups is 1. The molecule has 68 valence electrons. The maximum absolute atomic E-state index is 11.1. The van der Waals surface area contributed by atoms with Crippen molar-refractivity contribution in [3.05, 3.63) is 33.8 Å². The molecule has 0 aromatic heterocycles. The first-order valence-corrected chi connectivity index (χ1v) is 5.07. The Morgan fingerprint density at radius 2 is 2.15 bits per heavy atom. The van der Waals surface area contributed by atoms with E-state index in [1.165, 1.54) is 12.8 Å². The van der Waals surface area contributed by atoms with E-state index in [1.807, 2.05) is 12.1 Å². The molecule has 1 saturated carbocycles. The van der Waals surface area contributed by atoms with Crippen LogP contribution in [0.1, 0.15) is 34.7 Å². The first-order valence-electron chi connectivity index (χ1n) is 4.27. The number of hydrogen-bond donors (Lipinski definition) is 1. The third-order valence-corrected chi connectivity index (χ3v) is 2.79. The number of benzene rings is 1. The van der Waals surface area contributed by atoms with Crippen molar-refractivity contribution in [2.75, 3.05) is 0 Å². The van der Waals surface area contributed by atoms with Crippen molar-refractivity contribution in [3.8, 4) is 0 Å². The van der Waals surface area contributed by atoms with Gasteiger partial charge in [0.1, 0.15) is 0 Å². The van der Waals surface area contributed by atoms with Crippen molar-refractivity contribution < 1.29 is 4.79 Å². The summed E-state index contributed by atoms with van der Waals surface area (Å²) in [4.78, 5) is 11.1. The van der Waals surface area contributed by atoms with Gasteiger partial charge >= 0.3 is 0 Å². The average Bonchev–Trinajstić information content (AvgIpc) is 2.87. The molecule has 1 aromatic carbocycles. The summed E-state index contributed by atoms with van der Waals surface area (Å²) in [6, 6.07) is 5.75. The van der Waals surface area contributed by atoms with Gasteiger partial charge in [0.05, 0.1) is 0 Å². The predicted octanol–water partition coefficient (Wildman–Crippen LogP) is 2.43. The molecule has 1 fully saturated rings. The van der Waals surface area contributed by atoms with Crippen molar-refractivity contribution in [2.24, 2.45) is 5.73 Å². The average molecular weight is 240 g/mol. The van der Waals surface area contributed by atoms with E-state index in [9.17, 15) is 4.79 Å². The monoisotopic (exact) mass is 239 g/mol. The zero-order valence-electron chi connectivity index (χ0n) is 7.09. The zero-order chi connectivity index (χ0) is 9.42. The molecule has 0 bridgehead atoms. The summed E-state index contributed by atoms with van der Waals surface area (Å²) in [5.41, 5.74) is 7.06. The van der Waals surface area contributed by atoms with Gasteiger partial charge in [0, 0.05) is 10.0 Å². The van der Waals surface area contributed by atoms with Crippen molar-refractivity contribution in [3.63, 3.8) is 0 Å². The highest BCUT2D eigenvalue weighted by Crippen LogP contribution is 2.42. The molecule has 13 heavy (non-hydrogen) atoms. The van der Waals surface area contributed by atoms with Crippen LogP contribution < -0.4 is 5.73 Å². The second kappa shape index (κ2) is 3.14. The Hall–Kier alpha value is -0.830. The fraction of sp³-hybridized carbons (Fsp3) is 0.300. The minimum Gasteiger partial charge on any atom is -0.366 e. The van der Waals surface area contributed by atoms with Crippen LogP contribution in [0.15, 0.2) is 22.7 Å². The number of amides is 1. The van der Waals surface area contributed by atoms with E-state index in [1.54, 1.807) is 6.07 Å². The molecule has 1 aliphatic rings. The minimum absolute atomic E-state index is 0.330. The molecule has 0 aliphatic heterocycles. The van der Waals surface area contributed by atoms with Crippen LogP contribution in [0.3, 0.4) is 0 Å². The smallest absolute Gasteiger partial charge is 0.249 e. The predicted molar refractivity (Wildman–Crippen MR) is 54.6 cm³/mol. The summed E-state index contributed by atoms with van der Waals surface area (Å²) in [7, 11) is 0. The highest BCUT2D eigenvalue weighted by molar-refractivity contribution is 9.10. The lowest BCUT2D eigenvalue weighted by Crippen LogP contribution is -2.13. The molecular weight excluding hydrogens is 230 g/mol. The molecule has 1 aliphatic carbocycles. The molecule has 0 unspecified atom stereocenters. The van der Waals surface area contributed by atoms with Gasteiger partial charge in [0.2, 0.25) is 5.91 Å². The van der Waals surface area contributed by atoms with Gasteiger partial charge in [-0.3, -0.25) is 4.79 Å². The first kappa shape index (κ1) is 8.75. The quantitative estimate of drug-likeness (QED) is 0.847. The summed E-state index contributed by atoms with van der Waals surface area (Å²) in [6.45, 7) is 0. The van der Waals surface area contributed by atoms with Gasteiger partial charge in [0.15, 0.2) is 0 Å². The molecule has 1 aromatic rings. The summed E-state index contributed by atoms with van der Waals surface area (Å²) >= 11 is 3.33. The number of hydrogen-bond acceptors (Lipinski definition) is 1. The van der Waals surface area contributed by atoms with Crippen molar-refractivity contribution in [2.45, 2.75) is 18.8 Å². The molecular formula is C10H10BrNO. The second-order valence-corrected chi connectivity index (χ2v) is 4.29. The fourth-order valence-corrected chi connectivity index (χ4v) is 1.85. The van der Waals surface area contributed by atoms with Crippen LogP contribution in [0.25, 0.3) is 0 Å². The molecule has 1 amide bonds. The van der Waals surface area contributed by atoms with E-state index in [0.717, 1.165) is 10.0 Å². The van der Waals surface area contributed by atoms with Crippen molar-refractivity contribution in [1.29, 1.82) is 0 Å². The molecule has 0 spiro atoms. The Bertz CT molecular complexity index is 358. The SMILES string of the molecule is NC(=O)c1cc(Br)ccc1C1CC1. The number of nitrogens with two attached hydrogens (primary N) is 1.